The lowest BCUT2D eigenvalue weighted by atomic mass is 9.75. The summed E-state index contributed by atoms with van der Waals surface area (Å²) in [6.07, 6.45) is 5.22. The minimum atomic E-state index is -1.12. The highest BCUT2D eigenvalue weighted by Gasteiger charge is 2.57. The van der Waals surface area contributed by atoms with E-state index in [2.05, 4.69) is 24.3 Å². The van der Waals surface area contributed by atoms with Crippen molar-refractivity contribution in [2.45, 2.75) is 64.6 Å². The molecule has 2 heterocycles. The molecule has 5 rings (SSSR count). The highest BCUT2D eigenvalue weighted by molar-refractivity contribution is 6.01. The van der Waals surface area contributed by atoms with Gasteiger partial charge in [0.1, 0.15) is 12.6 Å². The van der Waals surface area contributed by atoms with Gasteiger partial charge in [-0.2, -0.15) is 5.10 Å². The number of fused-ring (bicyclic) bond motifs is 2. The minimum Gasteiger partial charge on any atom is -0.476 e. The summed E-state index contributed by atoms with van der Waals surface area (Å²) in [4.78, 5) is 39.7. The van der Waals surface area contributed by atoms with Gasteiger partial charge in [-0.25, -0.2) is 4.79 Å². The molecule has 2 aromatic rings. The molecule has 0 bridgehead atoms. The predicted octanol–water partition coefficient (Wildman–Crippen LogP) is 2.67. The molecule has 170 valence electrons. The maximum atomic E-state index is 13.3. The van der Waals surface area contributed by atoms with Crippen molar-refractivity contribution >= 4 is 28.7 Å². The summed E-state index contributed by atoms with van der Waals surface area (Å²) in [5, 5.41) is 17.4. The lowest BCUT2D eigenvalue weighted by molar-refractivity contribution is -0.140. The Morgan fingerprint density at radius 2 is 2.03 bits per heavy atom. The Labute approximate surface area is 186 Å². The third kappa shape index (κ3) is 3.76. The molecule has 3 aliphatic rings. The Morgan fingerprint density at radius 1 is 1.25 bits per heavy atom. The topological polar surface area (TPSA) is 105 Å². The molecule has 2 aliphatic carbocycles. The van der Waals surface area contributed by atoms with Crippen LogP contribution in [0.1, 0.15) is 56.4 Å². The zero-order chi connectivity index (χ0) is 22.6. The number of rotatable bonds is 5. The zero-order valence-electron chi connectivity index (χ0n) is 18.6. The number of amides is 2. The van der Waals surface area contributed by atoms with Gasteiger partial charge in [0.25, 0.3) is 0 Å². The third-order valence-corrected chi connectivity index (χ3v) is 7.44. The number of carboxylic acid groups (broad SMARTS) is 1. The van der Waals surface area contributed by atoms with Gasteiger partial charge < -0.3 is 15.3 Å². The van der Waals surface area contributed by atoms with Crippen molar-refractivity contribution in [2.75, 3.05) is 6.54 Å². The molecule has 2 N–H and O–H groups in total. The van der Waals surface area contributed by atoms with Crippen LogP contribution < -0.4 is 5.32 Å². The van der Waals surface area contributed by atoms with Gasteiger partial charge >= 0.3 is 5.97 Å². The Morgan fingerprint density at radius 3 is 2.78 bits per heavy atom. The van der Waals surface area contributed by atoms with Gasteiger partial charge in [0.2, 0.25) is 11.8 Å². The first-order chi connectivity index (χ1) is 15.2. The van der Waals surface area contributed by atoms with Crippen LogP contribution in [-0.4, -0.2) is 56.2 Å². The first-order valence-electron chi connectivity index (χ1n) is 11.5. The smallest absolute Gasteiger partial charge is 0.357 e. The van der Waals surface area contributed by atoms with Crippen molar-refractivity contribution in [3.63, 3.8) is 0 Å². The molecule has 8 heteroatoms. The van der Waals surface area contributed by atoms with Crippen LogP contribution in [0.4, 0.5) is 0 Å². The molecule has 1 aromatic carbocycles. The van der Waals surface area contributed by atoms with Crippen molar-refractivity contribution in [3.8, 4) is 0 Å². The van der Waals surface area contributed by atoms with E-state index in [1.165, 1.54) is 11.1 Å². The number of para-hydroxylation sites is 1. The average molecular weight is 439 g/mol. The molecule has 4 atom stereocenters. The molecule has 0 radical (unpaired) electrons. The number of nitrogens with zero attached hydrogens (tertiary/aromatic N) is 3. The van der Waals surface area contributed by atoms with E-state index in [0.717, 1.165) is 25.7 Å². The van der Waals surface area contributed by atoms with Crippen LogP contribution in [0, 0.1) is 17.3 Å². The number of hydrogen-bond donors (Lipinski definition) is 2. The van der Waals surface area contributed by atoms with Crippen molar-refractivity contribution < 1.29 is 19.5 Å². The van der Waals surface area contributed by atoms with Crippen molar-refractivity contribution in [3.05, 3.63) is 30.0 Å². The Kier molecular flexibility index (Phi) is 4.98. The van der Waals surface area contributed by atoms with E-state index in [9.17, 15) is 19.5 Å². The molecular formula is C24H30N4O4. The van der Waals surface area contributed by atoms with E-state index >= 15 is 0 Å². The largest absolute Gasteiger partial charge is 0.476 e. The van der Waals surface area contributed by atoms with E-state index in [1.54, 1.807) is 29.2 Å². The fraction of sp³-hybridized carbons (Fsp3) is 0.583. The standard InChI is InChI=1S/C24H30N4O4/c1-24(2)9-5-6-15(11-24)25-22(30)21-17-10-14(17)12-27(21)19(29)13-28-18-8-4-3-7-16(18)20(26-28)23(31)32/h3-4,7-8,14-15,17,21H,5-6,9-13H2,1-2H3,(H,25,30)(H,31,32)/t14-,15?,17-,21+/m1/s1. The average Bonchev–Trinajstić information content (AvgIpc) is 3.23. The summed E-state index contributed by atoms with van der Waals surface area (Å²) < 4.78 is 1.45. The molecule has 0 spiro atoms. The number of carboxylic acids is 1. The number of likely N-dealkylation sites (tertiary alicyclic amines) is 1. The van der Waals surface area contributed by atoms with Gasteiger partial charge in [0.05, 0.1) is 5.52 Å². The van der Waals surface area contributed by atoms with Crippen LogP contribution in [0.3, 0.4) is 0 Å². The summed E-state index contributed by atoms with van der Waals surface area (Å²) in [6, 6.07) is 6.73. The second-order valence-electron chi connectivity index (χ2n) is 10.4. The fourth-order valence-electron chi connectivity index (χ4n) is 5.79. The SMILES string of the molecule is CC1(C)CCCC(NC(=O)[C@@H]2[C@@H]3C[C@@H]3CN2C(=O)Cn2nc(C(=O)O)c3ccccc32)C1. The van der Waals surface area contributed by atoms with E-state index < -0.39 is 12.0 Å². The van der Waals surface area contributed by atoms with Crippen LogP contribution in [0.2, 0.25) is 0 Å². The molecule has 32 heavy (non-hydrogen) atoms. The zero-order valence-corrected chi connectivity index (χ0v) is 18.6. The van der Waals surface area contributed by atoms with Gasteiger partial charge in [-0.05, 0) is 49.0 Å². The van der Waals surface area contributed by atoms with Gasteiger partial charge in [-0.15, -0.1) is 0 Å². The van der Waals surface area contributed by atoms with Crippen LogP contribution in [0.25, 0.3) is 10.9 Å². The third-order valence-electron chi connectivity index (χ3n) is 7.44. The quantitative estimate of drug-likeness (QED) is 0.747. The number of aromatic carboxylic acids is 1. The van der Waals surface area contributed by atoms with Gasteiger partial charge in [-0.3, -0.25) is 14.3 Å². The second-order valence-corrected chi connectivity index (χ2v) is 10.4. The van der Waals surface area contributed by atoms with Crippen LogP contribution >= 0.6 is 0 Å². The summed E-state index contributed by atoms with van der Waals surface area (Å²) in [7, 11) is 0. The lowest BCUT2D eigenvalue weighted by Gasteiger charge is -2.37. The monoisotopic (exact) mass is 438 g/mol. The molecule has 2 amide bonds. The van der Waals surface area contributed by atoms with E-state index in [1.807, 2.05) is 0 Å². The molecule has 2 saturated carbocycles. The number of nitrogens with one attached hydrogen (secondary N) is 1. The Hall–Kier alpha value is -2.90. The van der Waals surface area contributed by atoms with Crippen LogP contribution in [0.5, 0.6) is 0 Å². The number of benzene rings is 1. The summed E-state index contributed by atoms with van der Waals surface area (Å²) >= 11 is 0. The summed E-state index contributed by atoms with van der Waals surface area (Å²) in [6.45, 7) is 5.00. The van der Waals surface area contributed by atoms with Crippen molar-refractivity contribution in [1.29, 1.82) is 0 Å². The predicted molar refractivity (Wildman–Crippen MR) is 118 cm³/mol. The molecule has 8 nitrogen and oxygen atoms in total. The van der Waals surface area contributed by atoms with Crippen molar-refractivity contribution in [1.82, 2.24) is 20.0 Å². The van der Waals surface area contributed by atoms with Gasteiger partial charge in [0.15, 0.2) is 5.69 Å². The van der Waals surface area contributed by atoms with E-state index in [0.29, 0.717) is 23.4 Å². The van der Waals surface area contributed by atoms with E-state index in [-0.39, 0.29) is 41.4 Å². The van der Waals surface area contributed by atoms with Crippen LogP contribution in [0.15, 0.2) is 24.3 Å². The van der Waals surface area contributed by atoms with E-state index in [4.69, 9.17) is 0 Å². The highest BCUT2D eigenvalue weighted by Crippen LogP contribution is 2.50. The summed E-state index contributed by atoms with van der Waals surface area (Å²) in [5.74, 6) is -0.725. The number of aromatic nitrogens is 2. The minimum absolute atomic E-state index is 0.0393. The first-order valence-corrected chi connectivity index (χ1v) is 11.5. The number of piperidine rings is 1. The highest BCUT2D eigenvalue weighted by atomic mass is 16.4. The van der Waals surface area contributed by atoms with Gasteiger partial charge in [0, 0.05) is 18.0 Å². The number of hydrogen-bond acceptors (Lipinski definition) is 4. The number of carbonyl (C=O) groups is 3. The summed E-state index contributed by atoms with van der Waals surface area (Å²) in [5.41, 5.74) is 0.770. The molecule has 1 aliphatic heterocycles. The first kappa shape index (κ1) is 21.0. The Balaban J connectivity index is 1.32. The normalized spacial score (nSPS) is 28.4. The lowest BCUT2D eigenvalue weighted by Crippen LogP contribution is -2.52. The Bertz CT molecular complexity index is 1090. The van der Waals surface area contributed by atoms with Gasteiger partial charge in [-0.1, -0.05) is 38.5 Å². The molecule has 1 aromatic heterocycles. The number of carbonyl (C=O) groups excluding carboxylic acids is 2. The maximum absolute atomic E-state index is 13.3. The molecular weight excluding hydrogens is 408 g/mol. The van der Waals surface area contributed by atoms with Crippen molar-refractivity contribution in [2.24, 2.45) is 17.3 Å². The fourth-order valence-corrected chi connectivity index (χ4v) is 5.79. The maximum Gasteiger partial charge on any atom is 0.357 e. The molecule has 1 saturated heterocycles. The van der Waals surface area contributed by atoms with Crippen LogP contribution in [-0.2, 0) is 16.1 Å². The molecule has 3 fully saturated rings. The second kappa shape index (κ2) is 7.60. The molecule has 1 unspecified atom stereocenters.